The number of ether oxygens (including phenoxy) is 1. The van der Waals surface area contributed by atoms with Crippen LogP contribution >= 0.6 is 22.9 Å². The molecule has 0 N–H and O–H groups in total. The van der Waals surface area contributed by atoms with Gasteiger partial charge in [-0.05, 0) is 30.7 Å². The molecule has 21 heavy (non-hydrogen) atoms. The van der Waals surface area contributed by atoms with Gasteiger partial charge in [-0.2, -0.15) is 0 Å². The summed E-state index contributed by atoms with van der Waals surface area (Å²) >= 11 is 7.18. The van der Waals surface area contributed by atoms with E-state index in [4.69, 9.17) is 16.3 Å². The molecule has 0 unspecified atom stereocenters. The number of hydrogen-bond acceptors (Lipinski definition) is 4. The summed E-state index contributed by atoms with van der Waals surface area (Å²) in [6, 6.07) is 7.20. The van der Waals surface area contributed by atoms with E-state index in [-0.39, 0.29) is 5.91 Å². The minimum atomic E-state index is 0.0130. The van der Waals surface area contributed by atoms with Crippen molar-refractivity contribution in [1.82, 2.24) is 9.88 Å². The van der Waals surface area contributed by atoms with E-state index in [9.17, 15) is 4.79 Å². The average Bonchev–Trinajstić information content (AvgIpc) is 3.02. The Morgan fingerprint density at radius 1 is 1.33 bits per heavy atom. The summed E-state index contributed by atoms with van der Waals surface area (Å²) < 4.78 is 5.64. The van der Waals surface area contributed by atoms with Gasteiger partial charge < -0.3 is 9.64 Å². The van der Waals surface area contributed by atoms with Crippen LogP contribution in [-0.4, -0.2) is 35.5 Å². The van der Waals surface area contributed by atoms with Gasteiger partial charge in [-0.3, -0.25) is 9.78 Å². The zero-order valence-corrected chi connectivity index (χ0v) is 13.4. The van der Waals surface area contributed by atoms with Gasteiger partial charge in [-0.25, -0.2) is 0 Å². The monoisotopic (exact) mass is 324 g/mol. The summed E-state index contributed by atoms with van der Waals surface area (Å²) in [5.41, 5.74) is 1.67. The van der Waals surface area contributed by atoms with Crippen LogP contribution in [0.15, 0.2) is 36.0 Å². The lowest BCUT2D eigenvalue weighted by molar-refractivity contribution is 0.0734. The SMILES string of the molecule is CCCN(CCOc1ccc(Cl)cc1)C(=O)c1cncs1. The van der Waals surface area contributed by atoms with Crippen molar-refractivity contribution in [1.29, 1.82) is 0 Å². The number of aromatic nitrogens is 1. The lowest BCUT2D eigenvalue weighted by Gasteiger charge is -2.21. The number of nitrogens with zero attached hydrogens (tertiary/aromatic N) is 2. The largest absolute Gasteiger partial charge is 0.492 e. The van der Waals surface area contributed by atoms with Crippen molar-refractivity contribution >= 4 is 28.8 Å². The van der Waals surface area contributed by atoms with Crippen LogP contribution in [0.4, 0.5) is 0 Å². The van der Waals surface area contributed by atoms with Crippen LogP contribution in [0.1, 0.15) is 23.0 Å². The first-order chi connectivity index (χ1) is 10.2. The highest BCUT2D eigenvalue weighted by atomic mass is 35.5. The van der Waals surface area contributed by atoms with Crippen molar-refractivity contribution in [3.8, 4) is 5.75 Å². The number of benzene rings is 1. The molecule has 4 nitrogen and oxygen atoms in total. The maximum absolute atomic E-state index is 12.3. The first kappa shape index (κ1) is 15.8. The van der Waals surface area contributed by atoms with E-state index in [1.165, 1.54) is 11.3 Å². The molecule has 0 aliphatic heterocycles. The Morgan fingerprint density at radius 2 is 2.10 bits per heavy atom. The van der Waals surface area contributed by atoms with E-state index in [1.54, 1.807) is 28.7 Å². The minimum Gasteiger partial charge on any atom is -0.492 e. The maximum Gasteiger partial charge on any atom is 0.265 e. The van der Waals surface area contributed by atoms with E-state index in [1.807, 2.05) is 19.1 Å². The number of halogens is 1. The second-order valence-corrected chi connectivity index (χ2v) is 5.78. The summed E-state index contributed by atoms with van der Waals surface area (Å²) in [7, 11) is 0. The third-order valence-corrected chi connectivity index (χ3v) is 3.88. The third kappa shape index (κ3) is 4.72. The molecule has 0 fully saturated rings. The zero-order chi connectivity index (χ0) is 15.1. The number of carbonyl (C=O) groups excluding carboxylic acids is 1. The van der Waals surface area contributed by atoms with E-state index < -0.39 is 0 Å². The molecule has 1 heterocycles. The molecular formula is C15H17ClN2O2S. The highest BCUT2D eigenvalue weighted by Gasteiger charge is 2.16. The van der Waals surface area contributed by atoms with Crippen LogP contribution in [0, 0.1) is 0 Å². The van der Waals surface area contributed by atoms with Crippen LogP contribution in [-0.2, 0) is 0 Å². The van der Waals surface area contributed by atoms with Crippen molar-refractivity contribution in [3.05, 3.63) is 45.9 Å². The molecular weight excluding hydrogens is 308 g/mol. The number of hydrogen-bond donors (Lipinski definition) is 0. The van der Waals surface area contributed by atoms with Gasteiger partial charge >= 0.3 is 0 Å². The predicted molar refractivity (Wildman–Crippen MR) is 85.3 cm³/mol. The predicted octanol–water partition coefficient (Wildman–Crippen LogP) is 3.73. The van der Waals surface area contributed by atoms with Gasteiger partial charge in [0.25, 0.3) is 5.91 Å². The van der Waals surface area contributed by atoms with Gasteiger partial charge in [-0.15, -0.1) is 11.3 Å². The summed E-state index contributed by atoms with van der Waals surface area (Å²) in [5, 5.41) is 0.676. The molecule has 6 heteroatoms. The van der Waals surface area contributed by atoms with Crippen LogP contribution < -0.4 is 4.74 Å². The fourth-order valence-corrected chi connectivity index (χ4v) is 2.58. The van der Waals surface area contributed by atoms with Gasteiger partial charge in [-0.1, -0.05) is 18.5 Å². The molecule has 1 amide bonds. The Hall–Kier alpha value is -1.59. The average molecular weight is 325 g/mol. The number of rotatable bonds is 7. The van der Waals surface area contributed by atoms with Gasteiger partial charge in [0.1, 0.15) is 17.2 Å². The van der Waals surface area contributed by atoms with Crippen LogP contribution in [0.2, 0.25) is 5.02 Å². The molecule has 0 aliphatic carbocycles. The molecule has 0 saturated heterocycles. The normalized spacial score (nSPS) is 10.4. The second-order valence-electron chi connectivity index (χ2n) is 4.46. The third-order valence-electron chi connectivity index (χ3n) is 2.87. The van der Waals surface area contributed by atoms with Crippen LogP contribution in [0.5, 0.6) is 5.75 Å². The van der Waals surface area contributed by atoms with Crippen LogP contribution in [0.25, 0.3) is 0 Å². The van der Waals surface area contributed by atoms with Crippen molar-refractivity contribution in [2.75, 3.05) is 19.7 Å². The fourth-order valence-electron chi connectivity index (χ4n) is 1.87. The second kappa shape index (κ2) is 8.00. The molecule has 112 valence electrons. The van der Waals surface area contributed by atoms with Gasteiger partial charge in [0, 0.05) is 11.6 Å². The minimum absolute atomic E-state index is 0.0130. The highest BCUT2D eigenvalue weighted by molar-refractivity contribution is 7.11. The molecule has 0 aliphatic rings. The molecule has 1 aromatic carbocycles. The molecule has 0 atom stereocenters. The number of thiazole rings is 1. The van der Waals surface area contributed by atoms with E-state index in [0.29, 0.717) is 29.6 Å². The van der Waals surface area contributed by atoms with E-state index >= 15 is 0 Å². The maximum atomic E-state index is 12.3. The zero-order valence-electron chi connectivity index (χ0n) is 11.8. The van der Waals surface area contributed by atoms with Crippen LogP contribution in [0.3, 0.4) is 0 Å². The molecule has 0 bridgehead atoms. The lowest BCUT2D eigenvalue weighted by atomic mass is 10.3. The first-order valence-electron chi connectivity index (χ1n) is 6.77. The Labute approximate surface area is 133 Å². The summed E-state index contributed by atoms with van der Waals surface area (Å²) in [6.07, 6.45) is 2.52. The van der Waals surface area contributed by atoms with Crippen molar-refractivity contribution in [3.63, 3.8) is 0 Å². The first-order valence-corrected chi connectivity index (χ1v) is 8.02. The Bertz CT molecular complexity index is 558. The molecule has 0 spiro atoms. The van der Waals surface area contributed by atoms with Gasteiger partial charge in [0.2, 0.25) is 0 Å². The Balaban J connectivity index is 1.88. The number of carbonyl (C=O) groups is 1. The molecule has 2 aromatic rings. The topological polar surface area (TPSA) is 42.4 Å². The smallest absolute Gasteiger partial charge is 0.265 e. The Morgan fingerprint density at radius 3 is 2.71 bits per heavy atom. The molecule has 0 saturated carbocycles. The van der Waals surface area contributed by atoms with Gasteiger partial charge in [0.05, 0.1) is 18.3 Å². The number of amides is 1. The standard InChI is InChI=1S/C15H17ClN2O2S/c1-2-7-18(15(19)14-10-17-11-21-14)8-9-20-13-5-3-12(16)4-6-13/h3-6,10-11H,2,7-9H2,1H3. The lowest BCUT2D eigenvalue weighted by Crippen LogP contribution is -2.34. The van der Waals surface area contributed by atoms with Crippen molar-refractivity contribution in [2.45, 2.75) is 13.3 Å². The summed E-state index contributed by atoms with van der Waals surface area (Å²) in [4.78, 5) is 18.7. The molecule has 0 radical (unpaired) electrons. The van der Waals surface area contributed by atoms with Crippen molar-refractivity contribution in [2.24, 2.45) is 0 Å². The van der Waals surface area contributed by atoms with Gasteiger partial charge in [0.15, 0.2) is 0 Å². The Kier molecular flexibility index (Phi) is 6.02. The summed E-state index contributed by atoms with van der Waals surface area (Å²) in [6.45, 7) is 3.76. The molecule has 2 rings (SSSR count). The van der Waals surface area contributed by atoms with E-state index in [2.05, 4.69) is 4.98 Å². The van der Waals surface area contributed by atoms with E-state index in [0.717, 1.165) is 12.2 Å². The molecule has 1 aromatic heterocycles. The van der Waals surface area contributed by atoms with Crippen molar-refractivity contribution < 1.29 is 9.53 Å². The highest BCUT2D eigenvalue weighted by Crippen LogP contribution is 2.16. The summed E-state index contributed by atoms with van der Waals surface area (Å²) in [5.74, 6) is 0.764. The fraction of sp³-hybridized carbons (Fsp3) is 0.333. The quantitative estimate of drug-likeness (QED) is 0.779.